The van der Waals surface area contributed by atoms with E-state index in [0.29, 0.717) is 6.54 Å². The predicted molar refractivity (Wildman–Crippen MR) is 120 cm³/mol. The summed E-state index contributed by atoms with van der Waals surface area (Å²) >= 11 is 1.53. The summed E-state index contributed by atoms with van der Waals surface area (Å²) < 4.78 is 2.49. The molecule has 4 aromatic rings. The first-order valence-corrected chi connectivity index (χ1v) is 10.5. The average Bonchev–Trinajstić information content (AvgIpc) is 3.24. The van der Waals surface area contributed by atoms with Crippen LogP contribution in [0.2, 0.25) is 0 Å². The number of fused-ring (bicyclic) bond motifs is 1. The number of amides is 1. The van der Waals surface area contributed by atoms with E-state index >= 15 is 0 Å². The average molecular weight is 419 g/mol. The second-order valence-electron chi connectivity index (χ2n) is 7.33. The van der Waals surface area contributed by atoms with Gasteiger partial charge in [-0.25, -0.2) is 4.79 Å². The largest absolute Gasteiger partial charge is 0.477 e. The van der Waals surface area contributed by atoms with Gasteiger partial charge in [0, 0.05) is 10.6 Å². The molecule has 2 heterocycles. The smallest absolute Gasteiger partial charge is 0.352 e. The van der Waals surface area contributed by atoms with Crippen LogP contribution < -0.4 is 4.90 Å². The Morgan fingerprint density at radius 3 is 2.47 bits per heavy atom. The summed E-state index contributed by atoms with van der Waals surface area (Å²) in [5, 5.41) is 9.65. The van der Waals surface area contributed by atoms with Crippen molar-refractivity contribution in [1.29, 1.82) is 0 Å². The van der Waals surface area contributed by atoms with Crippen LogP contribution in [0.4, 0.5) is 5.69 Å². The molecular formula is C24H22N2O3S. The van der Waals surface area contributed by atoms with Crippen molar-refractivity contribution >= 4 is 39.1 Å². The predicted octanol–water partition coefficient (Wildman–Crippen LogP) is 5.25. The van der Waals surface area contributed by atoms with Gasteiger partial charge in [-0.05, 0) is 49.2 Å². The highest BCUT2D eigenvalue weighted by Crippen LogP contribution is 2.29. The number of carboxylic acids is 1. The zero-order valence-corrected chi connectivity index (χ0v) is 17.6. The van der Waals surface area contributed by atoms with Crippen LogP contribution in [0.25, 0.3) is 10.2 Å². The Morgan fingerprint density at radius 1 is 1.00 bits per heavy atom. The molecule has 6 heteroatoms. The maximum atomic E-state index is 13.5. The minimum atomic E-state index is -1.03. The van der Waals surface area contributed by atoms with Gasteiger partial charge in [-0.15, -0.1) is 11.3 Å². The number of carboxylic acid groups (broad SMARTS) is 1. The molecule has 1 amide bonds. The molecule has 0 aliphatic carbocycles. The van der Waals surface area contributed by atoms with Crippen molar-refractivity contribution in [1.82, 2.24) is 4.57 Å². The number of nitrogens with zero attached hydrogens (tertiary/aromatic N) is 2. The number of carbonyl (C=O) groups is 2. The first-order chi connectivity index (χ1) is 14.4. The normalized spacial score (nSPS) is 11.0. The Kier molecular flexibility index (Phi) is 5.42. The molecule has 152 valence electrons. The molecular weight excluding hydrogens is 396 g/mol. The fourth-order valence-electron chi connectivity index (χ4n) is 3.62. The lowest BCUT2D eigenvalue weighted by molar-refractivity contribution is -0.119. The molecule has 0 aliphatic heterocycles. The maximum Gasteiger partial charge on any atom is 0.352 e. The number of aromatic carboxylic acids is 1. The van der Waals surface area contributed by atoms with Crippen molar-refractivity contribution < 1.29 is 14.7 Å². The van der Waals surface area contributed by atoms with Crippen LogP contribution in [0.5, 0.6) is 0 Å². The fraction of sp³-hybridized carbons (Fsp3) is 0.167. The van der Waals surface area contributed by atoms with E-state index in [1.54, 1.807) is 15.5 Å². The topological polar surface area (TPSA) is 62.5 Å². The summed E-state index contributed by atoms with van der Waals surface area (Å²) in [6.45, 7) is 4.34. The molecule has 0 spiro atoms. The van der Waals surface area contributed by atoms with Crippen LogP contribution in [0.1, 0.15) is 26.5 Å². The minimum absolute atomic E-state index is 0.0396. The van der Waals surface area contributed by atoms with E-state index in [2.05, 4.69) is 0 Å². The Bertz CT molecular complexity index is 1220. The fourth-order valence-corrected chi connectivity index (χ4v) is 4.58. The SMILES string of the molecule is Cc1cccc(N(Cc2ccccc2)C(=O)Cn2c(C(=O)O)cc3sc(C)cc32)c1. The molecule has 0 saturated carbocycles. The summed E-state index contributed by atoms with van der Waals surface area (Å²) in [7, 11) is 0. The molecule has 4 rings (SSSR count). The van der Waals surface area contributed by atoms with Crippen molar-refractivity contribution in [3.05, 3.63) is 88.4 Å². The van der Waals surface area contributed by atoms with Crippen LogP contribution in [-0.4, -0.2) is 21.6 Å². The number of thiophene rings is 1. The summed E-state index contributed by atoms with van der Waals surface area (Å²) in [5.74, 6) is -1.19. The zero-order chi connectivity index (χ0) is 21.3. The van der Waals surface area contributed by atoms with Crippen LogP contribution in [0.3, 0.4) is 0 Å². The van der Waals surface area contributed by atoms with Gasteiger partial charge in [0.1, 0.15) is 12.2 Å². The van der Waals surface area contributed by atoms with Gasteiger partial charge in [0.25, 0.3) is 0 Å². The molecule has 0 radical (unpaired) electrons. The highest BCUT2D eigenvalue weighted by Gasteiger charge is 2.22. The molecule has 0 saturated heterocycles. The van der Waals surface area contributed by atoms with Crippen molar-refractivity contribution in [3.63, 3.8) is 0 Å². The van der Waals surface area contributed by atoms with Gasteiger partial charge in [0.2, 0.25) is 5.91 Å². The summed E-state index contributed by atoms with van der Waals surface area (Å²) in [6, 6.07) is 21.2. The van der Waals surface area contributed by atoms with E-state index in [-0.39, 0.29) is 18.1 Å². The first kappa shape index (κ1) is 19.9. The van der Waals surface area contributed by atoms with E-state index in [4.69, 9.17) is 0 Å². The summed E-state index contributed by atoms with van der Waals surface area (Å²) in [5.41, 5.74) is 3.78. The molecule has 2 aromatic carbocycles. The highest BCUT2D eigenvalue weighted by molar-refractivity contribution is 7.19. The van der Waals surface area contributed by atoms with Gasteiger partial charge >= 0.3 is 5.97 Å². The lowest BCUT2D eigenvalue weighted by atomic mass is 10.1. The standard InChI is InChI=1S/C24H22N2O3S/c1-16-7-6-10-19(11-16)25(14-18-8-4-3-5-9-18)23(27)15-26-20-12-17(2)30-22(20)13-21(26)24(28)29/h3-13H,14-15H2,1-2H3,(H,28,29). The van der Waals surface area contributed by atoms with Crippen molar-refractivity contribution in [2.24, 2.45) is 0 Å². The minimum Gasteiger partial charge on any atom is -0.477 e. The van der Waals surface area contributed by atoms with Crippen LogP contribution in [0.15, 0.2) is 66.7 Å². The van der Waals surface area contributed by atoms with E-state index in [0.717, 1.165) is 31.9 Å². The third-order valence-corrected chi connectivity index (χ3v) is 6.01. The van der Waals surface area contributed by atoms with Gasteiger partial charge in [-0.3, -0.25) is 4.79 Å². The molecule has 30 heavy (non-hydrogen) atoms. The monoisotopic (exact) mass is 418 g/mol. The molecule has 0 bridgehead atoms. The van der Waals surface area contributed by atoms with E-state index < -0.39 is 5.97 Å². The highest BCUT2D eigenvalue weighted by atomic mass is 32.1. The molecule has 2 aromatic heterocycles. The van der Waals surface area contributed by atoms with Gasteiger partial charge in [-0.2, -0.15) is 0 Å². The van der Waals surface area contributed by atoms with E-state index in [1.807, 2.05) is 74.5 Å². The number of rotatable bonds is 6. The van der Waals surface area contributed by atoms with Gasteiger partial charge < -0.3 is 14.6 Å². The number of carbonyl (C=O) groups excluding carboxylic acids is 1. The van der Waals surface area contributed by atoms with Crippen molar-refractivity contribution in [2.45, 2.75) is 26.9 Å². The summed E-state index contributed by atoms with van der Waals surface area (Å²) in [6.07, 6.45) is 0. The molecule has 0 unspecified atom stereocenters. The summed E-state index contributed by atoms with van der Waals surface area (Å²) in [4.78, 5) is 28.1. The van der Waals surface area contributed by atoms with Gasteiger partial charge in [0.15, 0.2) is 0 Å². The number of hydrogen-bond donors (Lipinski definition) is 1. The van der Waals surface area contributed by atoms with Crippen LogP contribution >= 0.6 is 11.3 Å². The number of anilines is 1. The molecule has 1 N–H and O–H groups in total. The number of benzene rings is 2. The van der Waals surface area contributed by atoms with Gasteiger partial charge in [0.05, 0.1) is 16.8 Å². The Hall–Kier alpha value is -3.38. The Labute approximate surface area is 178 Å². The van der Waals surface area contributed by atoms with Gasteiger partial charge in [-0.1, -0.05) is 42.5 Å². The lowest BCUT2D eigenvalue weighted by Crippen LogP contribution is -2.34. The second-order valence-corrected chi connectivity index (χ2v) is 8.62. The zero-order valence-electron chi connectivity index (χ0n) is 16.8. The van der Waals surface area contributed by atoms with Crippen LogP contribution in [-0.2, 0) is 17.9 Å². The Morgan fingerprint density at radius 2 is 1.77 bits per heavy atom. The third-order valence-electron chi connectivity index (χ3n) is 5.02. The quantitative estimate of drug-likeness (QED) is 0.465. The van der Waals surface area contributed by atoms with E-state index in [1.165, 1.54) is 11.3 Å². The molecule has 0 atom stereocenters. The van der Waals surface area contributed by atoms with Crippen molar-refractivity contribution in [2.75, 3.05) is 4.90 Å². The third kappa shape index (κ3) is 4.00. The molecule has 5 nitrogen and oxygen atoms in total. The van der Waals surface area contributed by atoms with Crippen LogP contribution in [0, 0.1) is 13.8 Å². The van der Waals surface area contributed by atoms with E-state index in [9.17, 15) is 14.7 Å². The molecule has 0 fully saturated rings. The maximum absolute atomic E-state index is 13.5. The molecule has 0 aliphatic rings. The number of hydrogen-bond acceptors (Lipinski definition) is 3. The Balaban J connectivity index is 1.73. The van der Waals surface area contributed by atoms with Crippen molar-refractivity contribution in [3.8, 4) is 0 Å². The second kappa shape index (κ2) is 8.16. The first-order valence-electron chi connectivity index (χ1n) is 9.66. The number of aryl methyl sites for hydroxylation is 2. The number of aromatic nitrogens is 1. The lowest BCUT2D eigenvalue weighted by Gasteiger charge is -2.24.